The van der Waals surface area contributed by atoms with Crippen LogP contribution in [-0.2, 0) is 0 Å². The number of allylic oxidation sites excluding steroid dienone is 2. The second kappa shape index (κ2) is 4.13. The molecule has 0 aliphatic heterocycles. The smallest absolute Gasteiger partial charge is 0.0469 e. The highest BCUT2D eigenvalue weighted by atomic mass is 15.4. The van der Waals surface area contributed by atoms with Crippen molar-refractivity contribution in [3.63, 3.8) is 0 Å². The van der Waals surface area contributed by atoms with E-state index in [-0.39, 0.29) is 0 Å². The van der Waals surface area contributed by atoms with Crippen molar-refractivity contribution in [3.8, 4) is 0 Å². The number of rotatable bonds is 2. The molecular weight excluding hydrogens is 112 g/mol. The van der Waals surface area contributed by atoms with Gasteiger partial charge in [0.2, 0.25) is 0 Å². The Balaban J connectivity index is 3.60. The topological polar surface area (TPSA) is 15.6 Å². The first-order valence-electron chi connectivity index (χ1n) is 2.97. The first kappa shape index (κ1) is 8.21. The first-order valence-corrected chi connectivity index (χ1v) is 2.97. The van der Waals surface area contributed by atoms with E-state index in [9.17, 15) is 0 Å². The average Bonchev–Trinajstić information content (AvgIpc) is 1.63. The van der Waals surface area contributed by atoms with Gasteiger partial charge >= 0.3 is 0 Å². The van der Waals surface area contributed by atoms with Crippen LogP contribution in [0.2, 0.25) is 0 Å². The summed E-state index contributed by atoms with van der Waals surface area (Å²) in [5.74, 6) is 0. The molecule has 0 bridgehead atoms. The molecule has 0 rings (SSSR count). The van der Waals surface area contributed by atoms with Gasteiger partial charge in [-0.05, 0) is 19.9 Å². The fourth-order valence-electron chi connectivity index (χ4n) is 0.316. The van der Waals surface area contributed by atoms with E-state index in [0.717, 1.165) is 0 Å². The van der Waals surface area contributed by atoms with Crippen molar-refractivity contribution >= 4 is 6.21 Å². The van der Waals surface area contributed by atoms with Gasteiger partial charge in [0.15, 0.2) is 0 Å². The maximum absolute atomic E-state index is 4.00. The average molecular weight is 126 g/mol. The van der Waals surface area contributed by atoms with Crippen molar-refractivity contribution in [3.05, 3.63) is 11.6 Å². The monoisotopic (exact) mass is 126 g/mol. The maximum Gasteiger partial charge on any atom is 0.0469 e. The van der Waals surface area contributed by atoms with Gasteiger partial charge in [0, 0.05) is 20.3 Å². The quantitative estimate of drug-likeness (QED) is 0.404. The van der Waals surface area contributed by atoms with Crippen LogP contribution in [0.5, 0.6) is 0 Å². The van der Waals surface area contributed by atoms with Crippen molar-refractivity contribution in [1.29, 1.82) is 0 Å². The third-order valence-electron chi connectivity index (χ3n) is 0.705. The van der Waals surface area contributed by atoms with Crippen LogP contribution in [0.3, 0.4) is 0 Å². The zero-order chi connectivity index (χ0) is 7.28. The number of hydrogen-bond donors (Lipinski definition) is 0. The van der Waals surface area contributed by atoms with Gasteiger partial charge in [0.1, 0.15) is 0 Å². The second-order valence-corrected chi connectivity index (χ2v) is 2.36. The molecule has 0 aliphatic carbocycles. The lowest BCUT2D eigenvalue weighted by molar-refractivity contribution is 0.440. The third kappa shape index (κ3) is 7.21. The van der Waals surface area contributed by atoms with Crippen LogP contribution in [0, 0.1) is 0 Å². The lowest BCUT2D eigenvalue weighted by Crippen LogP contribution is -2.00. The van der Waals surface area contributed by atoms with Crippen molar-refractivity contribution in [2.75, 3.05) is 14.1 Å². The Morgan fingerprint density at radius 2 is 1.89 bits per heavy atom. The van der Waals surface area contributed by atoms with Gasteiger partial charge in [-0.15, -0.1) is 0 Å². The molecule has 9 heavy (non-hydrogen) atoms. The minimum Gasteiger partial charge on any atom is -0.303 e. The Kier molecular flexibility index (Phi) is 3.76. The summed E-state index contributed by atoms with van der Waals surface area (Å²) < 4.78 is 0. The van der Waals surface area contributed by atoms with Crippen molar-refractivity contribution < 1.29 is 0 Å². The highest BCUT2D eigenvalue weighted by molar-refractivity contribution is 5.71. The van der Waals surface area contributed by atoms with Gasteiger partial charge in [-0.1, -0.05) is 5.57 Å². The van der Waals surface area contributed by atoms with E-state index in [1.165, 1.54) is 5.57 Å². The summed E-state index contributed by atoms with van der Waals surface area (Å²) >= 11 is 0. The number of nitrogens with zero attached hydrogens (tertiary/aromatic N) is 2. The van der Waals surface area contributed by atoms with E-state index in [2.05, 4.69) is 5.10 Å². The third-order valence-corrected chi connectivity index (χ3v) is 0.705. The second-order valence-electron chi connectivity index (χ2n) is 2.36. The van der Waals surface area contributed by atoms with E-state index >= 15 is 0 Å². The summed E-state index contributed by atoms with van der Waals surface area (Å²) in [6.07, 6.45) is 3.76. The van der Waals surface area contributed by atoms with Crippen LogP contribution in [0.4, 0.5) is 0 Å². The minimum absolute atomic E-state index is 1.26. The summed E-state index contributed by atoms with van der Waals surface area (Å²) in [6, 6.07) is 0. The Morgan fingerprint density at radius 1 is 1.33 bits per heavy atom. The fraction of sp³-hybridized carbons (Fsp3) is 0.571. The molecule has 0 aromatic heterocycles. The molecule has 0 aromatic carbocycles. The Hall–Kier alpha value is -0.790. The molecule has 0 heterocycles. The van der Waals surface area contributed by atoms with E-state index in [1.807, 2.05) is 34.0 Å². The molecule has 0 aromatic rings. The van der Waals surface area contributed by atoms with Gasteiger partial charge in [-0.3, -0.25) is 0 Å². The zero-order valence-corrected chi connectivity index (χ0v) is 6.55. The zero-order valence-electron chi connectivity index (χ0n) is 6.55. The lowest BCUT2D eigenvalue weighted by atomic mass is 10.3. The Bertz CT molecular complexity index is 119. The fourth-order valence-corrected chi connectivity index (χ4v) is 0.316. The van der Waals surface area contributed by atoms with Crippen LogP contribution in [0.1, 0.15) is 13.8 Å². The summed E-state index contributed by atoms with van der Waals surface area (Å²) in [6.45, 7) is 4.09. The highest BCUT2D eigenvalue weighted by Crippen LogP contribution is 1.84. The van der Waals surface area contributed by atoms with Crippen LogP contribution in [0.25, 0.3) is 0 Å². The Labute approximate surface area is 56.9 Å². The number of hydrazone groups is 1. The molecule has 0 N–H and O–H groups in total. The van der Waals surface area contributed by atoms with Crippen LogP contribution in [-0.4, -0.2) is 25.3 Å². The van der Waals surface area contributed by atoms with Crippen molar-refractivity contribution in [1.82, 2.24) is 5.01 Å². The predicted octanol–water partition coefficient (Wildman–Crippen LogP) is 1.50. The van der Waals surface area contributed by atoms with Gasteiger partial charge in [0.05, 0.1) is 0 Å². The number of hydrogen-bond acceptors (Lipinski definition) is 2. The van der Waals surface area contributed by atoms with Crippen LogP contribution in [0.15, 0.2) is 16.8 Å². The molecule has 2 heteroatoms. The van der Waals surface area contributed by atoms with Crippen molar-refractivity contribution in [2.24, 2.45) is 5.10 Å². The highest BCUT2D eigenvalue weighted by Gasteiger charge is 1.73. The van der Waals surface area contributed by atoms with E-state index in [0.29, 0.717) is 0 Å². The normalized spacial score (nSPS) is 9.78. The van der Waals surface area contributed by atoms with Gasteiger partial charge in [0.25, 0.3) is 0 Å². The summed E-state index contributed by atoms with van der Waals surface area (Å²) in [5, 5.41) is 5.76. The molecule has 0 saturated carbocycles. The minimum atomic E-state index is 1.26. The molecule has 0 radical (unpaired) electrons. The van der Waals surface area contributed by atoms with Crippen LogP contribution >= 0.6 is 0 Å². The first-order chi connectivity index (χ1) is 4.13. The molecule has 0 aliphatic rings. The molecule has 0 spiro atoms. The summed E-state index contributed by atoms with van der Waals surface area (Å²) in [7, 11) is 3.80. The largest absolute Gasteiger partial charge is 0.303 e. The lowest BCUT2D eigenvalue weighted by Gasteiger charge is -1.99. The molecule has 2 nitrogen and oxygen atoms in total. The Morgan fingerprint density at radius 3 is 2.22 bits per heavy atom. The molecule has 0 saturated heterocycles. The molecular formula is C7H14N2. The van der Waals surface area contributed by atoms with Crippen molar-refractivity contribution in [2.45, 2.75) is 13.8 Å². The van der Waals surface area contributed by atoms with Gasteiger partial charge in [-0.2, -0.15) is 5.10 Å². The predicted molar refractivity (Wildman–Crippen MR) is 41.6 cm³/mol. The van der Waals surface area contributed by atoms with E-state index < -0.39 is 0 Å². The van der Waals surface area contributed by atoms with Gasteiger partial charge < -0.3 is 5.01 Å². The molecule has 0 atom stereocenters. The summed E-state index contributed by atoms with van der Waals surface area (Å²) in [5.41, 5.74) is 1.26. The van der Waals surface area contributed by atoms with Gasteiger partial charge in [-0.25, -0.2) is 0 Å². The van der Waals surface area contributed by atoms with Crippen LogP contribution < -0.4 is 0 Å². The standard InChI is InChI=1S/C7H14N2/c1-7(2)5-6-8-9(3)4/h5-6H,1-4H3/b8-6-. The summed E-state index contributed by atoms with van der Waals surface area (Å²) in [4.78, 5) is 0. The molecule has 0 fully saturated rings. The molecule has 0 amide bonds. The van der Waals surface area contributed by atoms with E-state index in [4.69, 9.17) is 0 Å². The SMILES string of the molecule is CC(C)=C/C=N\N(C)C. The van der Waals surface area contributed by atoms with E-state index in [1.54, 1.807) is 11.2 Å². The molecule has 52 valence electrons. The molecule has 0 unspecified atom stereocenters. The maximum atomic E-state index is 4.00.